The van der Waals surface area contributed by atoms with Crippen LogP contribution in [-0.4, -0.2) is 45.0 Å². The lowest BCUT2D eigenvalue weighted by atomic mass is 10.2. The number of aryl methyl sites for hydroxylation is 1. The average molecular weight is 453 g/mol. The molecule has 32 heavy (non-hydrogen) atoms. The predicted molar refractivity (Wildman–Crippen MR) is 122 cm³/mol. The molecule has 7 nitrogen and oxygen atoms in total. The van der Waals surface area contributed by atoms with E-state index in [-0.39, 0.29) is 23.5 Å². The van der Waals surface area contributed by atoms with E-state index in [9.17, 15) is 13.2 Å². The summed E-state index contributed by atoms with van der Waals surface area (Å²) in [4.78, 5) is 12.8. The van der Waals surface area contributed by atoms with Crippen LogP contribution in [0.1, 0.15) is 15.9 Å². The molecule has 4 rings (SSSR count). The molecule has 3 aromatic rings. The van der Waals surface area contributed by atoms with Crippen molar-refractivity contribution in [2.45, 2.75) is 11.8 Å². The number of benzene rings is 3. The van der Waals surface area contributed by atoms with Crippen LogP contribution >= 0.6 is 0 Å². The van der Waals surface area contributed by atoms with Gasteiger partial charge in [0.05, 0.1) is 23.7 Å². The van der Waals surface area contributed by atoms with Crippen LogP contribution in [-0.2, 0) is 14.8 Å². The molecule has 0 amide bonds. The maximum absolute atomic E-state index is 12.9. The first-order chi connectivity index (χ1) is 15.4. The minimum Gasteiger partial charge on any atom is -0.423 e. The third kappa shape index (κ3) is 5.16. The van der Waals surface area contributed by atoms with Gasteiger partial charge in [-0.15, -0.1) is 0 Å². The van der Waals surface area contributed by atoms with Gasteiger partial charge in [-0.1, -0.05) is 29.8 Å². The molecule has 1 aliphatic rings. The van der Waals surface area contributed by atoms with Gasteiger partial charge < -0.3 is 14.8 Å². The molecule has 1 aliphatic heterocycles. The van der Waals surface area contributed by atoms with E-state index in [1.165, 1.54) is 22.5 Å². The molecule has 1 N–H and O–H groups in total. The minimum absolute atomic E-state index is 0.0589. The van der Waals surface area contributed by atoms with Crippen LogP contribution in [0.25, 0.3) is 0 Å². The van der Waals surface area contributed by atoms with Crippen LogP contribution < -0.4 is 10.1 Å². The van der Waals surface area contributed by atoms with Gasteiger partial charge in [-0.3, -0.25) is 0 Å². The summed E-state index contributed by atoms with van der Waals surface area (Å²) in [7, 11) is -3.70. The molecule has 0 spiro atoms. The van der Waals surface area contributed by atoms with Gasteiger partial charge in [0.1, 0.15) is 5.75 Å². The zero-order valence-electron chi connectivity index (χ0n) is 17.7. The first-order valence-corrected chi connectivity index (χ1v) is 11.7. The molecule has 0 aliphatic carbocycles. The van der Waals surface area contributed by atoms with Crippen LogP contribution in [0.5, 0.6) is 5.75 Å². The monoisotopic (exact) mass is 452 g/mol. The Labute approximate surface area is 187 Å². The lowest BCUT2D eigenvalue weighted by Gasteiger charge is -2.26. The van der Waals surface area contributed by atoms with Gasteiger partial charge in [0.15, 0.2) is 0 Å². The highest BCUT2D eigenvalue weighted by Gasteiger charge is 2.27. The van der Waals surface area contributed by atoms with Gasteiger partial charge in [0.25, 0.3) is 0 Å². The van der Waals surface area contributed by atoms with Crippen LogP contribution in [0.3, 0.4) is 0 Å². The minimum atomic E-state index is -3.70. The summed E-state index contributed by atoms with van der Waals surface area (Å²) < 4.78 is 37.8. The lowest BCUT2D eigenvalue weighted by molar-refractivity contribution is 0.0727. The number of nitrogens with one attached hydrogen (secondary N) is 1. The van der Waals surface area contributed by atoms with Crippen molar-refractivity contribution in [1.29, 1.82) is 0 Å². The molecule has 1 heterocycles. The second-order valence-corrected chi connectivity index (χ2v) is 9.39. The van der Waals surface area contributed by atoms with Crippen molar-refractivity contribution in [1.82, 2.24) is 4.31 Å². The average Bonchev–Trinajstić information content (AvgIpc) is 2.81. The SMILES string of the molecule is Cc1ccc(Nc2cccc(OC(=O)c3cccc(S(=O)(=O)N4CCOCC4)c3)c2)cc1. The lowest BCUT2D eigenvalue weighted by Crippen LogP contribution is -2.40. The molecule has 0 aromatic heterocycles. The van der Waals surface area contributed by atoms with E-state index in [4.69, 9.17) is 9.47 Å². The molecule has 0 unspecified atom stereocenters. The summed E-state index contributed by atoms with van der Waals surface area (Å²) in [5, 5.41) is 3.26. The molecular weight excluding hydrogens is 428 g/mol. The Morgan fingerprint density at radius 3 is 2.41 bits per heavy atom. The third-order valence-corrected chi connectivity index (χ3v) is 6.96. The number of esters is 1. The summed E-state index contributed by atoms with van der Waals surface area (Å²) in [5.74, 6) is -0.273. The number of hydrogen-bond donors (Lipinski definition) is 1. The van der Waals surface area contributed by atoms with E-state index < -0.39 is 16.0 Å². The van der Waals surface area contributed by atoms with E-state index in [0.717, 1.165) is 16.9 Å². The quantitative estimate of drug-likeness (QED) is 0.450. The number of rotatable bonds is 6. The zero-order chi connectivity index (χ0) is 22.6. The summed E-state index contributed by atoms with van der Waals surface area (Å²) in [6.07, 6.45) is 0. The normalized spacial score (nSPS) is 14.7. The molecule has 0 radical (unpaired) electrons. The van der Waals surface area contributed by atoms with Gasteiger partial charge in [-0.05, 0) is 49.4 Å². The van der Waals surface area contributed by atoms with Crippen molar-refractivity contribution in [3.05, 3.63) is 83.9 Å². The topological polar surface area (TPSA) is 84.9 Å². The first-order valence-electron chi connectivity index (χ1n) is 10.3. The molecule has 166 valence electrons. The summed E-state index contributed by atoms with van der Waals surface area (Å²) in [6, 6.07) is 20.9. The Hall–Kier alpha value is -3.20. The maximum atomic E-state index is 12.9. The molecule has 0 atom stereocenters. The highest BCUT2D eigenvalue weighted by atomic mass is 32.2. The standard InChI is InChI=1S/C24H24N2O5S/c1-18-8-10-20(11-9-18)25-21-5-3-6-22(17-21)31-24(27)19-4-2-7-23(16-19)32(28,29)26-12-14-30-15-13-26/h2-11,16-17,25H,12-15H2,1H3. The number of ether oxygens (including phenoxy) is 2. The number of hydrogen-bond acceptors (Lipinski definition) is 6. The Kier molecular flexibility index (Phi) is 6.55. The van der Waals surface area contributed by atoms with Crippen molar-refractivity contribution in [3.8, 4) is 5.75 Å². The van der Waals surface area contributed by atoms with Gasteiger partial charge >= 0.3 is 5.97 Å². The summed E-state index contributed by atoms with van der Waals surface area (Å²) in [5.41, 5.74) is 3.01. The number of morpholine rings is 1. The third-order valence-electron chi connectivity index (χ3n) is 5.06. The van der Waals surface area contributed by atoms with Crippen molar-refractivity contribution in [2.24, 2.45) is 0 Å². The van der Waals surface area contributed by atoms with E-state index in [2.05, 4.69) is 5.32 Å². The fourth-order valence-corrected chi connectivity index (χ4v) is 4.78. The van der Waals surface area contributed by atoms with Crippen LogP contribution in [0.4, 0.5) is 11.4 Å². The molecule has 8 heteroatoms. The van der Waals surface area contributed by atoms with E-state index in [1.807, 2.05) is 37.3 Å². The molecule has 1 saturated heterocycles. The maximum Gasteiger partial charge on any atom is 0.343 e. The predicted octanol–water partition coefficient (Wildman–Crippen LogP) is 3.98. The van der Waals surface area contributed by atoms with Gasteiger partial charge in [0, 0.05) is 30.5 Å². The smallest absolute Gasteiger partial charge is 0.343 e. The summed E-state index contributed by atoms with van der Waals surface area (Å²) >= 11 is 0. The zero-order valence-corrected chi connectivity index (χ0v) is 18.5. The fraction of sp³-hybridized carbons (Fsp3) is 0.208. The Balaban J connectivity index is 1.48. The fourth-order valence-electron chi connectivity index (χ4n) is 3.33. The first kappa shape index (κ1) is 22.0. The van der Waals surface area contributed by atoms with E-state index in [0.29, 0.717) is 19.0 Å². The Morgan fingerprint density at radius 2 is 1.66 bits per heavy atom. The number of carbonyl (C=O) groups is 1. The highest BCUT2D eigenvalue weighted by Crippen LogP contribution is 2.24. The van der Waals surface area contributed by atoms with E-state index >= 15 is 0 Å². The second kappa shape index (κ2) is 9.52. The molecule has 0 saturated carbocycles. The molecule has 0 bridgehead atoms. The van der Waals surface area contributed by atoms with Crippen molar-refractivity contribution in [2.75, 3.05) is 31.6 Å². The van der Waals surface area contributed by atoms with Gasteiger partial charge in [0.2, 0.25) is 10.0 Å². The number of nitrogens with zero attached hydrogens (tertiary/aromatic N) is 1. The molecular formula is C24H24N2O5S. The van der Waals surface area contributed by atoms with E-state index in [1.54, 1.807) is 24.3 Å². The Bertz CT molecular complexity index is 1200. The highest BCUT2D eigenvalue weighted by molar-refractivity contribution is 7.89. The van der Waals surface area contributed by atoms with Crippen LogP contribution in [0.15, 0.2) is 77.7 Å². The molecule has 1 fully saturated rings. The molecule has 3 aromatic carbocycles. The van der Waals surface area contributed by atoms with Gasteiger partial charge in [-0.2, -0.15) is 4.31 Å². The number of anilines is 2. The van der Waals surface area contributed by atoms with Crippen molar-refractivity contribution < 1.29 is 22.7 Å². The van der Waals surface area contributed by atoms with Crippen molar-refractivity contribution >= 4 is 27.4 Å². The van der Waals surface area contributed by atoms with Crippen molar-refractivity contribution in [3.63, 3.8) is 0 Å². The second-order valence-electron chi connectivity index (χ2n) is 7.45. The largest absolute Gasteiger partial charge is 0.423 e. The van der Waals surface area contributed by atoms with Crippen LogP contribution in [0.2, 0.25) is 0 Å². The Morgan fingerprint density at radius 1 is 0.938 bits per heavy atom. The number of carbonyl (C=O) groups excluding carboxylic acids is 1. The summed E-state index contributed by atoms with van der Waals surface area (Å²) in [6.45, 7) is 3.31. The number of sulfonamides is 1. The van der Waals surface area contributed by atoms with Crippen LogP contribution in [0, 0.1) is 6.92 Å². The van der Waals surface area contributed by atoms with Gasteiger partial charge in [-0.25, -0.2) is 13.2 Å².